The first-order chi connectivity index (χ1) is 13.4. The maximum absolute atomic E-state index is 12.5. The van der Waals surface area contributed by atoms with Gasteiger partial charge in [0, 0.05) is 31.3 Å². The van der Waals surface area contributed by atoms with Crippen molar-refractivity contribution in [1.29, 1.82) is 0 Å². The monoisotopic (exact) mass is 404 g/mol. The van der Waals surface area contributed by atoms with Gasteiger partial charge in [-0.25, -0.2) is 8.42 Å². The summed E-state index contributed by atoms with van der Waals surface area (Å²) in [6.07, 6.45) is 0.804. The van der Waals surface area contributed by atoms with Crippen LogP contribution >= 0.6 is 0 Å². The molecule has 1 aliphatic heterocycles. The lowest BCUT2D eigenvalue weighted by molar-refractivity contribution is -0.116. The zero-order valence-corrected chi connectivity index (χ0v) is 16.8. The van der Waals surface area contributed by atoms with Crippen molar-refractivity contribution < 1.29 is 22.7 Å². The molecule has 0 fully saturated rings. The van der Waals surface area contributed by atoms with Crippen LogP contribution in [0.3, 0.4) is 0 Å². The van der Waals surface area contributed by atoms with Gasteiger partial charge >= 0.3 is 0 Å². The molecule has 1 N–H and O–H groups in total. The zero-order chi connectivity index (χ0) is 20.1. The standard InChI is InChI=1S/C20H24N2O5S/c1-3-22(4-2)28(24,25)17-9-5-15(6-10-17)7-12-20(23)21-16-8-11-18-19(13-16)27-14-26-18/h5-6,8-11,13H,3-4,7,12,14H2,1-2H3,(H,21,23). The van der Waals surface area contributed by atoms with E-state index in [2.05, 4.69) is 5.32 Å². The number of anilines is 1. The Hall–Kier alpha value is -2.58. The Kier molecular flexibility index (Phi) is 6.21. The first-order valence-electron chi connectivity index (χ1n) is 9.22. The van der Waals surface area contributed by atoms with Crippen LogP contribution in [0.25, 0.3) is 0 Å². The average Bonchev–Trinajstić information content (AvgIpc) is 3.15. The number of carbonyl (C=O) groups excluding carboxylic acids is 1. The molecule has 28 heavy (non-hydrogen) atoms. The van der Waals surface area contributed by atoms with E-state index in [1.807, 2.05) is 13.8 Å². The Morgan fingerprint density at radius 2 is 1.71 bits per heavy atom. The molecule has 0 unspecified atom stereocenters. The van der Waals surface area contributed by atoms with Crippen LogP contribution in [0.15, 0.2) is 47.4 Å². The molecule has 0 radical (unpaired) electrons. The van der Waals surface area contributed by atoms with Gasteiger partial charge in [0.25, 0.3) is 0 Å². The minimum atomic E-state index is -3.46. The van der Waals surface area contributed by atoms with Crippen LogP contribution in [0.5, 0.6) is 11.5 Å². The van der Waals surface area contributed by atoms with E-state index in [1.54, 1.807) is 42.5 Å². The molecule has 2 aromatic rings. The van der Waals surface area contributed by atoms with Gasteiger partial charge in [0.1, 0.15) is 0 Å². The molecule has 1 heterocycles. The van der Waals surface area contributed by atoms with Crippen LogP contribution in [0.2, 0.25) is 0 Å². The first kappa shape index (κ1) is 20.2. The summed E-state index contributed by atoms with van der Waals surface area (Å²) in [5.74, 6) is 1.15. The number of ether oxygens (including phenoxy) is 2. The summed E-state index contributed by atoms with van der Waals surface area (Å²) in [7, 11) is -3.46. The summed E-state index contributed by atoms with van der Waals surface area (Å²) >= 11 is 0. The Morgan fingerprint density at radius 3 is 2.39 bits per heavy atom. The van der Waals surface area contributed by atoms with Gasteiger partial charge in [-0.3, -0.25) is 4.79 Å². The predicted octanol–water partition coefficient (Wildman–Crippen LogP) is 3.02. The van der Waals surface area contributed by atoms with E-state index in [1.165, 1.54) is 4.31 Å². The molecule has 0 saturated carbocycles. The minimum absolute atomic E-state index is 0.126. The van der Waals surface area contributed by atoms with Crippen LogP contribution in [-0.2, 0) is 21.2 Å². The van der Waals surface area contributed by atoms with Crippen molar-refractivity contribution in [3.63, 3.8) is 0 Å². The number of hydrogen-bond acceptors (Lipinski definition) is 5. The summed E-state index contributed by atoms with van der Waals surface area (Å²) in [4.78, 5) is 12.5. The van der Waals surface area contributed by atoms with Crippen LogP contribution in [0.4, 0.5) is 5.69 Å². The van der Waals surface area contributed by atoms with Gasteiger partial charge in [-0.15, -0.1) is 0 Å². The molecule has 0 spiro atoms. The van der Waals surface area contributed by atoms with E-state index < -0.39 is 10.0 Å². The quantitative estimate of drug-likeness (QED) is 0.731. The third kappa shape index (κ3) is 4.45. The van der Waals surface area contributed by atoms with Gasteiger partial charge in [0.2, 0.25) is 22.7 Å². The fourth-order valence-corrected chi connectivity index (χ4v) is 4.45. The van der Waals surface area contributed by atoms with Gasteiger partial charge in [0.05, 0.1) is 4.90 Å². The molecule has 8 heteroatoms. The SMILES string of the molecule is CCN(CC)S(=O)(=O)c1ccc(CCC(=O)Nc2ccc3c(c2)OCO3)cc1. The summed E-state index contributed by atoms with van der Waals surface area (Å²) in [5.41, 5.74) is 1.55. The van der Waals surface area contributed by atoms with E-state index in [9.17, 15) is 13.2 Å². The van der Waals surface area contributed by atoms with E-state index in [-0.39, 0.29) is 24.0 Å². The molecular formula is C20H24N2O5S. The molecule has 7 nitrogen and oxygen atoms in total. The van der Waals surface area contributed by atoms with Crippen molar-refractivity contribution in [1.82, 2.24) is 4.31 Å². The summed E-state index contributed by atoms with van der Waals surface area (Å²) in [5, 5.41) is 2.83. The lowest BCUT2D eigenvalue weighted by Gasteiger charge is -2.18. The Morgan fingerprint density at radius 1 is 1.04 bits per heavy atom. The molecule has 0 aliphatic carbocycles. The second-order valence-electron chi connectivity index (χ2n) is 6.35. The highest BCUT2D eigenvalue weighted by Gasteiger charge is 2.21. The normalized spacial score (nSPS) is 13.0. The Balaban J connectivity index is 1.57. The van der Waals surface area contributed by atoms with Crippen LogP contribution in [0, 0.1) is 0 Å². The Labute approximate surface area is 165 Å². The number of sulfonamides is 1. The molecule has 1 amide bonds. The minimum Gasteiger partial charge on any atom is -0.454 e. The van der Waals surface area contributed by atoms with Gasteiger partial charge in [-0.1, -0.05) is 26.0 Å². The number of benzene rings is 2. The molecule has 150 valence electrons. The molecular weight excluding hydrogens is 380 g/mol. The maximum Gasteiger partial charge on any atom is 0.243 e. The fourth-order valence-electron chi connectivity index (χ4n) is 3.00. The van der Waals surface area contributed by atoms with Crippen molar-refractivity contribution in [3.05, 3.63) is 48.0 Å². The van der Waals surface area contributed by atoms with E-state index in [0.717, 1.165) is 5.56 Å². The number of fused-ring (bicyclic) bond motifs is 1. The number of nitrogens with one attached hydrogen (secondary N) is 1. The number of aryl methyl sites for hydroxylation is 1. The summed E-state index contributed by atoms with van der Waals surface area (Å²) in [6, 6.07) is 11.9. The predicted molar refractivity (Wildman–Crippen MR) is 106 cm³/mol. The van der Waals surface area contributed by atoms with Crippen molar-refractivity contribution in [2.45, 2.75) is 31.6 Å². The molecule has 0 saturated heterocycles. The number of nitrogens with zero attached hydrogens (tertiary/aromatic N) is 1. The van der Waals surface area contributed by atoms with Gasteiger partial charge in [-0.2, -0.15) is 4.31 Å². The van der Waals surface area contributed by atoms with Gasteiger partial charge < -0.3 is 14.8 Å². The average molecular weight is 404 g/mol. The number of hydrogen-bond donors (Lipinski definition) is 1. The van der Waals surface area contributed by atoms with E-state index in [0.29, 0.717) is 36.7 Å². The summed E-state index contributed by atoms with van der Waals surface area (Å²) in [6.45, 7) is 4.68. The van der Waals surface area contributed by atoms with Crippen molar-refractivity contribution >= 4 is 21.6 Å². The second kappa shape index (κ2) is 8.62. The number of carbonyl (C=O) groups is 1. The third-order valence-corrected chi connectivity index (χ3v) is 6.63. The number of amides is 1. The van der Waals surface area contributed by atoms with Crippen molar-refractivity contribution in [2.75, 3.05) is 25.2 Å². The van der Waals surface area contributed by atoms with Crippen LogP contribution < -0.4 is 14.8 Å². The second-order valence-corrected chi connectivity index (χ2v) is 8.29. The fraction of sp³-hybridized carbons (Fsp3) is 0.350. The van der Waals surface area contributed by atoms with Crippen LogP contribution in [0.1, 0.15) is 25.8 Å². The van der Waals surface area contributed by atoms with Crippen molar-refractivity contribution in [2.24, 2.45) is 0 Å². The van der Waals surface area contributed by atoms with E-state index in [4.69, 9.17) is 9.47 Å². The molecule has 3 rings (SSSR count). The molecule has 0 aromatic heterocycles. The topological polar surface area (TPSA) is 84.9 Å². The molecule has 1 aliphatic rings. The highest BCUT2D eigenvalue weighted by Crippen LogP contribution is 2.34. The maximum atomic E-state index is 12.5. The molecule has 0 bridgehead atoms. The van der Waals surface area contributed by atoms with Gasteiger partial charge in [-0.05, 0) is 36.2 Å². The molecule has 0 atom stereocenters. The zero-order valence-electron chi connectivity index (χ0n) is 16.0. The largest absolute Gasteiger partial charge is 0.454 e. The highest BCUT2D eigenvalue weighted by atomic mass is 32.2. The van der Waals surface area contributed by atoms with E-state index >= 15 is 0 Å². The highest BCUT2D eigenvalue weighted by molar-refractivity contribution is 7.89. The first-order valence-corrected chi connectivity index (χ1v) is 10.7. The van der Waals surface area contributed by atoms with Crippen molar-refractivity contribution in [3.8, 4) is 11.5 Å². The number of rotatable bonds is 8. The van der Waals surface area contributed by atoms with Gasteiger partial charge in [0.15, 0.2) is 11.5 Å². The Bertz CT molecular complexity index is 938. The lowest BCUT2D eigenvalue weighted by Crippen LogP contribution is -2.30. The molecule has 2 aromatic carbocycles. The van der Waals surface area contributed by atoms with Crippen LogP contribution in [-0.4, -0.2) is 38.5 Å². The summed E-state index contributed by atoms with van der Waals surface area (Å²) < 4.78 is 37.0. The lowest BCUT2D eigenvalue weighted by atomic mass is 10.1. The smallest absolute Gasteiger partial charge is 0.243 e. The third-order valence-electron chi connectivity index (χ3n) is 4.56.